The van der Waals surface area contributed by atoms with E-state index in [1.54, 1.807) is 0 Å². The number of pyridine rings is 1. The smallest absolute Gasteiger partial charge is 0.332 e. The number of aromatic amines is 1. The molecule has 1 rings (SSSR count). The molecule has 1 heterocycles. The Hall–Kier alpha value is -2.12. The molecule has 0 amide bonds. The number of nitrogens with one attached hydrogen (secondary N) is 1. The van der Waals surface area contributed by atoms with E-state index in [9.17, 15) is 28.5 Å². The van der Waals surface area contributed by atoms with Crippen LogP contribution in [0.3, 0.4) is 0 Å². The van der Waals surface area contributed by atoms with Crippen molar-refractivity contribution in [2.45, 2.75) is 6.43 Å². The summed E-state index contributed by atoms with van der Waals surface area (Å²) in [5.74, 6) is 0. The SMILES string of the molecule is O=Cc1[nH]cc([N+](=O)[O-])c(=O)c1C(F)F. The molecule has 15 heavy (non-hydrogen) atoms. The lowest BCUT2D eigenvalue weighted by Gasteiger charge is -2.01. The van der Waals surface area contributed by atoms with Gasteiger partial charge in [0.2, 0.25) is 0 Å². The maximum absolute atomic E-state index is 12.3. The molecule has 0 aromatic carbocycles. The molecule has 0 unspecified atom stereocenters. The molecule has 0 radical (unpaired) electrons. The number of carbonyl (C=O) groups is 1. The average molecular weight is 218 g/mol. The first-order valence-corrected chi connectivity index (χ1v) is 3.62. The maximum Gasteiger partial charge on any atom is 0.332 e. The Morgan fingerprint density at radius 3 is 2.53 bits per heavy atom. The molecule has 1 aromatic heterocycles. The Bertz CT molecular complexity index is 469. The molecular formula is C7H4F2N2O4. The van der Waals surface area contributed by atoms with Crippen molar-refractivity contribution in [1.82, 2.24) is 4.98 Å². The molecule has 0 saturated carbocycles. The highest BCUT2D eigenvalue weighted by Crippen LogP contribution is 2.19. The van der Waals surface area contributed by atoms with Crippen LogP contribution in [-0.2, 0) is 0 Å². The number of nitrogens with zero attached hydrogens (tertiary/aromatic N) is 1. The molecule has 0 aliphatic carbocycles. The number of hydrogen-bond donors (Lipinski definition) is 1. The number of nitro groups is 1. The minimum atomic E-state index is -3.24. The van der Waals surface area contributed by atoms with Crippen molar-refractivity contribution < 1.29 is 18.5 Å². The monoisotopic (exact) mass is 218 g/mol. The van der Waals surface area contributed by atoms with Crippen molar-refractivity contribution in [1.29, 1.82) is 0 Å². The Labute approximate surface area is 80.7 Å². The zero-order valence-corrected chi connectivity index (χ0v) is 7.07. The fraction of sp³-hybridized carbons (Fsp3) is 0.143. The molecule has 0 aliphatic heterocycles. The van der Waals surface area contributed by atoms with Crippen molar-refractivity contribution in [3.05, 3.63) is 37.8 Å². The normalized spacial score (nSPS) is 10.3. The fourth-order valence-electron chi connectivity index (χ4n) is 0.999. The Balaban J connectivity index is 3.57. The van der Waals surface area contributed by atoms with E-state index in [2.05, 4.69) is 0 Å². The van der Waals surface area contributed by atoms with E-state index < -0.39 is 33.7 Å². The standard InChI is InChI=1S/C7H4F2N2O4/c8-7(9)5-3(2-12)10-1-4(6(5)13)11(14)15/h1-2,7H,(H,10,13). The van der Waals surface area contributed by atoms with E-state index >= 15 is 0 Å². The largest absolute Gasteiger partial charge is 0.353 e. The van der Waals surface area contributed by atoms with E-state index in [0.717, 1.165) is 0 Å². The van der Waals surface area contributed by atoms with Crippen molar-refractivity contribution >= 4 is 12.0 Å². The lowest BCUT2D eigenvalue weighted by Crippen LogP contribution is -2.17. The lowest BCUT2D eigenvalue weighted by molar-refractivity contribution is -0.386. The summed E-state index contributed by atoms with van der Waals surface area (Å²) in [6.45, 7) is 0. The molecule has 0 aliphatic rings. The second-order valence-corrected chi connectivity index (χ2v) is 2.51. The number of H-pyrrole nitrogens is 1. The predicted octanol–water partition coefficient (Wildman–Crippen LogP) is 1.03. The van der Waals surface area contributed by atoms with Gasteiger partial charge >= 0.3 is 5.69 Å². The summed E-state index contributed by atoms with van der Waals surface area (Å²) in [5, 5.41) is 10.2. The first kappa shape index (κ1) is 11.0. The third-order valence-electron chi connectivity index (χ3n) is 1.66. The molecule has 8 heteroatoms. The summed E-state index contributed by atoms with van der Waals surface area (Å²) >= 11 is 0. The minimum absolute atomic E-state index is 0.00657. The van der Waals surface area contributed by atoms with Gasteiger partial charge in [0.25, 0.3) is 11.9 Å². The van der Waals surface area contributed by atoms with Crippen LogP contribution in [0.4, 0.5) is 14.5 Å². The molecule has 0 fully saturated rings. The Kier molecular flexibility index (Phi) is 2.88. The van der Waals surface area contributed by atoms with Gasteiger partial charge in [-0.3, -0.25) is 19.7 Å². The molecular weight excluding hydrogens is 214 g/mol. The second kappa shape index (κ2) is 3.95. The highest BCUT2D eigenvalue weighted by molar-refractivity contribution is 5.74. The van der Waals surface area contributed by atoms with Gasteiger partial charge in [-0.15, -0.1) is 0 Å². The third-order valence-corrected chi connectivity index (χ3v) is 1.66. The van der Waals surface area contributed by atoms with E-state index in [1.807, 2.05) is 4.98 Å². The van der Waals surface area contributed by atoms with Crippen LogP contribution in [0.1, 0.15) is 22.5 Å². The van der Waals surface area contributed by atoms with Gasteiger partial charge in [-0.25, -0.2) is 8.78 Å². The van der Waals surface area contributed by atoms with Gasteiger partial charge in [0.15, 0.2) is 6.29 Å². The second-order valence-electron chi connectivity index (χ2n) is 2.51. The topological polar surface area (TPSA) is 93.1 Å². The lowest BCUT2D eigenvalue weighted by atomic mass is 10.2. The summed E-state index contributed by atoms with van der Waals surface area (Å²) in [6.07, 6.45) is -2.63. The highest BCUT2D eigenvalue weighted by atomic mass is 19.3. The van der Waals surface area contributed by atoms with Crippen LogP contribution >= 0.6 is 0 Å². The fourth-order valence-corrected chi connectivity index (χ4v) is 0.999. The number of carbonyl (C=O) groups excluding carboxylic acids is 1. The summed E-state index contributed by atoms with van der Waals surface area (Å²) < 4.78 is 24.6. The van der Waals surface area contributed by atoms with Crippen molar-refractivity contribution in [3.8, 4) is 0 Å². The molecule has 1 N–H and O–H groups in total. The number of hydrogen-bond acceptors (Lipinski definition) is 4. The quantitative estimate of drug-likeness (QED) is 0.465. The van der Waals surface area contributed by atoms with Crippen molar-refractivity contribution in [3.63, 3.8) is 0 Å². The van der Waals surface area contributed by atoms with Crippen LogP contribution in [0.2, 0.25) is 0 Å². The average Bonchev–Trinajstić information content (AvgIpc) is 2.15. The van der Waals surface area contributed by atoms with Gasteiger partial charge in [-0.1, -0.05) is 0 Å². The molecule has 0 saturated heterocycles. The van der Waals surface area contributed by atoms with Crippen molar-refractivity contribution in [2.75, 3.05) is 0 Å². The van der Waals surface area contributed by atoms with E-state index in [4.69, 9.17) is 0 Å². The zero-order valence-electron chi connectivity index (χ0n) is 7.07. The zero-order chi connectivity index (χ0) is 11.6. The molecule has 1 aromatic rings. The van der Waals surface area contributed by atoms with E-state index in [-0.39, 0.29) is 6.29 Å². The van der Waals surface area contributed by atoms with Crippen LogP contribution in [0.5, 0.6) is 0 Å². The van der Waals surface area contributed by atoms with Crippen LogP contribution < -0.4 is 5.43 Å². The summed E-state index contributed by atoms with van der Waals surface area (Å²) in [4.78, 5) is 32.5. The van der Waals surface area contributed by atoms with Crippen LogP contribution in [0, 0.1) is 10.1 Å². The van der Waals surface area contributed by atoms with Gasteiger partial charge in [0.1, 0.15) is 0 Å². The molecule has 0 atom stereocenters. The van der Waals surface area contributed by atoms with Gasteiger partial charge in [0, 0.05) is 0 Å². The number of alkyl halides is 2. The van der Waals surface area contributed by atoms with Gasteiger partial charge in [-0.2, -0.15) is 0 Å². The number of rotatable bonds is 3. The van der Waals surface area contributed by atoms with Crippen LogP contribution in [0.25, 0.3) is 0 Å². The van der Waals surface area contributed by atoms with Gasteiger partial charge < -0.3 is 4.98 Å². The van der Waals surface area contributed by atoms with Gasteiger partial charge in [-0.05, 0) is 0 Å². The molecule has 0 bridgehead atoms. The van der Waals surface area contributed by atoms with Crippen molar-refractivity contribution in [2.24, 2.45) is 0 Å². The maximum atomic E-state index is 12.3. The van der Waals surface area contributed by atoms with Crippen LogP contribution in [0.15, 0.2) is 11.0 Å². The first-order valence-electron chi connectivity index (χ1n) is 3.62. The van der Waals surface area contributed by atoms with E-state index in [0.29, 0.717) is 6.20 Å². The van der Waals surface area contributed by atoms with E-state index in [1.165, 1.54) is 0 Å². The van der Waals surface area contributed by atoms with Gasteiger partial charge in [0.05, 0.1) is 22.4 Å². The third kappa shape index (κ3) is 1.87. The summed E-state index contributed by atoms with van der Waals surface area (Å²) in [5.41, 5.74) is -4.30. The Morgan fingerprint density at radius 2 is 2.13 bits per heavy atom. The highest BCUT2D eigenvalue weighted by Gasteiger charge is 2.24. The Morgan fingerprint density at radius 1 is 1.53 bits per heavy atom. The summed E-state index contributed by atoms with van der Waals surface area (Å²) in [6, 6.07) is 0. The number of aromatic nitrogens is 1. The summed E-state index contributed by atoms with van der Waals surface area (Å²) in [7, 11) is 0. The number of aldehydes is 1. The minimum Gasteiger partial charge on any atom is -0.353 e. The first-order chi connectivity index (χ1) is 6.99. The number of halogens is 2. The molecule has 0 spiro atoms. The van der Waals surface area contributed by atoms with Crippen LogP contribution in [-0.4, -0.2) is 16.2 Å². The molecule has 80 valence electrons. The predicted molar refractivity (Wildman–Crippen MR) is 44.1 cm³/mol. The molecule has 6 nitrogen and oxygen atoms in total.